The van der Waals surface area contributed by atoms with Crippen LogP contribution >= 0.6 is 0 Å². The van der Waals surface area contributed by atoms with Crippen LogP contribution in [0.25, 0.3) is 0 Å². The largest absolute Gasteiger partial charge is 0.761 e. The van der Waals surface area contributed by atoms with E-state index in [1.807, 2.05) is 48.2 Å². The highest BCUT2D eigenvalue weighted by Crippen LogP contribution is 2.34. The molecule has 0 spiro atoms. The van der Waals surface area contributed by atoms with Gasteiger partial charge in [-0.05, 0) is 57.1 Å². The molecule has 37 heavy (non-hydrogen) atoms. The normalized spacial score (nSPS) is 16.0. The average Bonchev–Trinajstić information content (AvgIpc) is 2.95. The van der Waals surface area contributed by atoms with Gasteiger partial charge in [-0.15, -0.1) is 0 Å². The summed E-state index contributed by atoms with van der Waals surface area (Å²) in [5, 5.41) is 11.9. The molecule has 1 fully saturated rings. The molecule has 0 atom stereocenters. The van der Waals surface area contributed by atoms with E-state index in [2.05, 4.69) is 29.1 Å². The highest BCUT2D eigenvalue weighted by molar-refractivity contribution is 5.96. The van der Waals surface area contributed by atoms with Gasteiger partial charge < -0.3 is 30.1 Å². The van der Waals surface area contributed by atoms with Crippen molar-refractivity contribution in [3.63, 3.8) is 0 Å². The predicted octanol–water partition coefficient (Wildman–Crippen LogP) is 4.53. The van der Waals surface area contributed by atoms with E-state index >= 15 is 0 Å². The third kappa shape index (κ3) is 5.83. The van der Waals surface area contributed by atoms with Gasteiger partial charge in [0.1, 0.15) is 6.61 Å². The van der Waals surface area contributed by atoms with Gasteiger partial charge in [0.2, 0.25) is 0 Å². The number of hydrogen-bond acceptors (Lipinski definition) is 7. The van der Waals surface area contributed by atoms with Crippen molar-refractivity contribution >= 4 is 29.1 Å². The summed E-state index contributed by atoms with van der Waals surface area (Å²) in [5.74, 6) is -0.0707. The molecule has 0 radical (unpaired) electrons. The van der Waals surface area contributed by atoms with Crippen LogP contribution in [0.4, 0.5) is 21.9 Å². The fraction of sp³-hybridized carbons (Fsp3) is 0.500. The maximum Gasteiger partial charge on any atom is 0.414 e. The Balaban J connectivity index is 1.43. The Hall–Kier alpha value is -3.30. The van der Waals surface area contributed by atoms with Gasteiger partial charge in [-0.3, -0.25) is 9.69 Å². The highest BCUT2D eigenvalue weighted by atomic mass is 16.6. The summed E-state index contributed by atoms with van der Waals surface area (Å²) in [6.45, 7) is 11.9. The van der Waals surface area contributed by atoms with E-state index in [9.17, 15) is 14.8 Å². The first-order chi connectivity index (χ1) is 18.0. The van der Waals surface area contributed by atoms with E-state index in [0.29, 0.717) is 44.0 Å². The Labute approximate surface area is 219 Å². The Morgan fingerprint density at radius 3 is 2.43 bits per heavy atom. The molecule has 4 rings (SSSR count). The monoisotopic (exact) mass is 508 g/mol. The second-order valence-electron chi connectivity index (χ2n) is 9.52. The van der Waals surface area contributed by atoms with Crippen LogP contribution in [0.5, 0.6) is 0 Å². The lowest BCUT2D eigenvalue weighted by Crippen LogP contribution is -2.49. The zero-order valence-corrected chi connectivity index (χ0v) is 22.1. The number of ether oxygens (including phenoxy) is 1. The number of amides is 2. The molecule has 1 N–H and O–H groups in total. The lowest BCUT2D eigenvalue weighted by atomic mass is 9.99. The number of benzene rings is 2. The van der Waals surface area contributed by atoms with Crippen molar-refractivity contribution in [3.05, 3.63) is 58.8 Å². The summed E-state index contributed by atoms with van der Waals surface area (Å²) in [7, 11) is 0. The fourth-order valence-electron chi connectivity index (χ4n) is 5.30. The van der Waals surface area contributed by atoms with Crippen LogP contribution < -0.4 is 15.3 Å². The quantitative estimate of drug-likeness (QED) is 0.472. The van der Waals surface area contributed by atoms with Crippen molar-refractivity contribution in [1.82, 2.24) is 9.80 Å². The maximum absolute atomic E-state index is 13.2. The topological polar surface area (TPSA) is 91.4 Å². The van der Waals surface area contributed by atoms with Crippen molar-refractivity contribution < 1.29 is 14.3 Å². The van der Waals surface area contributed by atoms with E-state index in [4.69, 9.17) is 4.74 Å². The fourth-order valence-corrected chi connectivity index (χ4v) is 5.30. The smallest absolute Gasteiger partial charge is 0.414 e. The van der Waals surface area contributed by atoms with Crippen LogP contribution in [-0.2, 0) is 11.3 Å². The molecule has 0 aromatic heterocycles. The number of fused-ring (bicyclic) bond motifs is 1. The Morgan fingerprint density at radius 1 is 1.03 bits per heavy atom. The van der Waals surface area contributed by atoms with E-state index in [1.165, 1.54) is 0 Å². The number of carbonyl (C=O) groups excluding carboxylic acids is 2. The molecule has 0 unspecified atom stereocenters. The lowest BCUT2D eigenvalue weighted by Gasteiger charge is -2.41. The first kappa shape index (κ1) is 26.8. The van der Waals surface area contributed by atoms with E-state index in [0.717, 1.165) is 49.4 Å². The van der Waals surface area contributed by atoms with Crippen molar-refractivity contribution in [2.24, 2.45) is 0 Å². The molecule has 200 valence electrons. The molecule has 2 aromatic rings. The molecule has 2 amide bonds. The summed E-state index contributed by atoms with van der Waals surface area (Å²) in [6.07, 6.45) is 1.19. The first-order valence-electron chi connectivity index (χ1n) is 13.3. The number of nitrogens with one attached hydrogen (secondary N) is 1. The van der Waals surface area contributed by atoms with E-state index < -0.39 is 0 Å². The molecule has 2 aliphatic heterocycles. The van der Waals surface area contributed by atoms with Gasteiger partial charge in [0, 0.05) is 55.6 Å². The summed E-state index contributed by atoms with van der Waals surface area (Å²) < 4.78 is 5.41. The van der Waals surface area contributed by atoms with Gasteiger partial charge in [-0.2, -0.15) is 0 Å². The van der Waals surface area contributed by atoms with Gasteiger partial charge in [0.25, 0.3) is 5.91 Å². The first-order valence-corrected chi connectivity index (χ1v) is 13.3. The van der Waals surface area contributed by atoms with Gasteiger partial charge in [0.15, 0.2) is 0 Å². The average molecular weight is 509 g/mol. The lowest BCUT2D eigenvalue weighted by molar-refractivity contribution is 0.0746. The van der Waals surface area contributed by atoms with Crippen molar-refractivity contribution in [2.75, 3.05) is 61.1 Å². The van der Waals surface area contributed by atoms with Crippen LogP contribution in [0, 0.1) is 5.21 Å². The predicted molar refractivity (Wildman–Crippen MR) is 147 cm³/mol. The number of carbonyl (C=O) groups is 2. The number of nitrogens with zero attached hydrogens (tertiary/aromatic N) is 4. The number of anilines is 3. The maximum atomic E-state index is 13.2. The minimum absolute atomic E-state index is 0.0265. The number of likely N-dealkylation sites (N-methyl/N-ethyl adjacent to an activating group) is 2. The zero-order chi connectivity index (χ0) is 26.4. The number of hydrogen-bond donors (Lipinski definition) is 1. The molecule has 0 bridgehead atoms. The molecule has 0 saturated carbocycles. The highest BCUT2D eigenvalue weighted by Gasteiger charge is 2.34. The summed E-state index contributed by atoms with van der Waals surface area (Å²) in [5.41, 5.74) is 5.66. The number of rotatable bonds is 10. The van der Waals surface area contributed by atoms with E-state index in [-0.39, 0.29) is 18.0 Å². The second-order valence-corrected chi connectivity index (χ2v) is 9.52. The van der Waals surface area contributed by atoms with E-state index in [1.54, 1.807) is 11.0 Å². The van der Waals surface area contributed by atoms with Crippen LogP contribution in [0.2, 0.25) is 0 Å². The minimum Gasteiger partial charge on any atom is -0.761 e. The van der Waals surface area contributed by atoms with Crippen molar-refractivity contribution in [2.45, 2.75) is 46.3 Å². The van der Waals surface area contributed by atoms with Gasteiger partial charge in [0.05, 0.1) is 11.4 Å². The Bertz CT molecular complexity index is 1080. The molecular formula is C28H38N5O4-. The molecule has 9 nitrogen and oxygen atoms in total. The standard InChI is InChI=1S/C28H38N5O4/c1-4-30(5-2)17-18-31(6-3)27(34)21-11-12-26(24(19-21)29-36)32-15-13-23(14-16-32)33-25-10-8-7-9-22(25)20-37-28(33)35/h7-12,19,23,29H,4-6,13-18,20H2,1-3H3/q-1. The van der Waals surface area contributed by atoms with Gasteiger partial charge in [-0.1, -0.05) is 32.0 Å². The Kier molecular flexibility index (Phi) is 8.89. The molecule has 0 aliphatic carbocycles. The number of cyclic esters (lactones) is 1. The Morgan fingerprint density at radius 2 is 1.76 bits per heavy atom. The molecule has 2 aromatic carbocycles. The van der Waals surface area contributed by atoms with Crippen LogP contribution in [-0.4, -0.2) is 73.7 Å². The van der Waals surface area contributed by atoms with Crippen molar-refractivity contribution in [1.29, 1.82) is 0 Å². The SMILES string of the molecule is CCN(CC)CCN(CC)C(=O)c1ccc(N2CCC(N3C(=O)OCc4ccccc43)CC2)c(N[O-])c1. The van der Waals surface area contributed by atoms with Gasteiger partial charge >= 0.3 is 6.09 Å². The van der Waals surface area contributed by atoms with Crippen molar-refractivity contribution in [3.8, 4) is 0 Å². The second kappa shape index (κ2) is 12.3. The third-order valence-corrected chi connectivity index (χ3v) is 7.57. The minimum atomic E-state index is -0.302. The summed E-state index contributed by atoms with van der Waals surface area (Å²) in [6, 6.07) is 13.2. The number of para-hydroxylation sites is 1. The zero-order valence-electron chi connectivity index (χ0n) is 22.1. The van der Waals surface area contributed by atoms with Gasteiger partial charge in [-0.25, -0.2) is 4.79 Å². The molecular weight excluding hydrogens is 470 g/mol. The van der Waals surface area contributed by atoms with Crippen LogP contribution in [0.3, 0.4) is 0 Å². The van der Waals surface area contributed by atoms with Crippen LogP contribution in [0.1, 0.15) is 49.5 Å². The molecule has 2 heterocycles. The third-order valence-electron chi connectivity index (χ3n) is 7.57. The molecule has 1 saturated heterocycles. The molecule has 2 aliphatic rings. The van der Waals surface area contributed by atoms with Crippen LogP contribution in [0.15, 0.2) is 42.5 Å². The summed E-state index contributed by atoms with van der Waals surface area (Å²) in [4.78, 5) is 33.8. The molecule has 9 heteroatoms. The number of piperidine rings is 1. The summed E-state index contributed by atoms with van der Waals surface area (Å²) >= 11 is 0.